The number of aryl methyl sites for hydroxylation is 1. The van der Waals surface area contributed by atoms with E-state index in [2.05, 4.69) is 46.5 Å². The molecule has 0 aromatic heterocycles. The number of hydrogen-bond donors (Lipinski definition) is 2. The van der Waals surface area contributed by atoms with Crippen LogP contribution in [0.1, 0.15) is 22.7 Å². The van der Waals surface area contributed by atoms with Gasteiger partial charge in [0, 0.05) is 9.50 Å². The van der Waals surface area contributed by atoms with Gasteiger partial charge < -0.3 is 4.74 Å². The Morgan fingerprint density at radius 2 is 2.05 bits per heavy atom. The van der Waals surface area contributed by atoms with Crippen LogP contribution >= 0.6 is 27.5 Å². The van der Waals surface area contributed by atoms with Crippen LogP contribution in [0.15, 0.2) is 40.9 Å². The van der Waals surface area contributed by atoms with Crippen molar-refractivity contribution in [2.75, 3.05) is 7.11 Å². The van der Waals surface area contributed by atoms with Crippen molar-refractivity contribution < 1.29 is 4.74 Å². The van der Waals surface area contributed by atoms with Crippen molar-refractivity contribution in [1.29, 1.82) is 0 Å². The molecular weight excluding hydrogens is 352 g/mol. The number of hydrogen-bond acceptors (Lipinski definition) is 3. The van der Waals surface area contributed by atoms with E-state index < -0.39 is 0 Å². The molecule has 2 aromatic rings. The Kier molecular flexibility index (Phi) is 5.65. The zero-order chi connectivity index (χ0) is 15.4. The van der Waals surface area contributed by atoms with Gasteiger partial charge in [-0.15, -0.1) is 0 Å². The molecule has 0 aliphatic carbocycles. The lowest BCUT2D eigenvalue weighted by Gasteiger charge is -2.19. The van der Waals surface area contributed by atoms with E-state index in [0.29, 0.717) is 11.4 Å². The van der Waals surface area contributed by atoms with Crippen LogP contribution < -0.4 is 16.0 Å². The van der Waals surface area contributed by atoms with Gasteiger partial charge in [-0.05, 0) is 60.4 Å². The van der Waals surface area contributed by atoms with Gasteiger partial charge in [-0.1, -0.05) is 33.6 Å². The average Bonchev–Trinajstić information content (AvgIpc) is 2.43. The Bertz CT molecular complexity index is 613. The van der Waals surface area contributed by atoms with Gasteiger partial charge in [-0.3, -0.25) is 11.3 Å². The Labute approximate surface area is 138 Å². The molecule has 0 aliphatic rings. The summed E-state index contributed by atoms with van der Waals surface area (Å²) >= 11 is 9.60. The Balaban J connectivity index is 2.32. The highest BCUT2D eigenvalue weighted by molar-refractivity contribution is 9.10. The van der Waals surface area contributed by atoms with Crippen LogP contribution in [0, 0.1) is 6.92 Å². The van der Waals surface area contributed by atoms with Gasteiger partial charge in [0.2, 0.25) is 0 Å². The molecule has 1 unspecified atom stereocenters. The molecule has 0 amide bonds. The van der Waals surface area contributed by atoms with Gasteiger partial charge >= 0.3 is 0 Å². The molecule has 1 atom stereocenters. The highest BCUT2D eigenvalue weighted by Crippen LogP contribution is 2.29. The van der Waals surface area contributed by atoms with E-state index in [1.807, 2.05) is 18.2 Å². The van der Waals surface area contributed by atoms with Crippen molar-refractivity contribution in [2.24, 2.45) is 5.84 Å². The molecule has 0 saturated heterocycles. The summed E-state index contributed by atoms with van der Waals surface area (Å²) in [5.74, 6) is 6.55. The summed E-state index contributed by atoms with van der Waals surface area (Å²) in [7, 11) is 1.65. The third-order valence-electron chi connectivity index (χ3n) is 3.33. The Hall–Kier alpha value is -1.07. The van der Waals surface area contributed by atoms with Crippen molar-refractivity contribution in [3.8, 4) is 5.75 Å². The topological polar surface area (TPSA) is 47.3 Å². The number of halogens is 2. The van der Waals surface area contributed by atoms with Gasteiger partial charge in [0.25, 0.3) is 0 Å². The molecule has 0 saturated carbocycles. The molecule has 0 heterocycles. The Morgan fingerprint density at radius 3 is 2.67 bits per heavy atom. The molecule has 0 radical (unpaired) electrons. The summed E-state index contributed by atoms with van der Waals surface area (Å²) in [5, 5.41) is 0.687. The van der Waals surface area contributed by atoms with Crippen LogP contribution in [0.3, 0.4) is 0 Å². The second-order valence-corrected chi connectivity index (χ2v) is 6.29. The molecule has 5 heteroatoms. The minimum absolute atomic E-state index is 0.0198. The number of hydrazine groups is 1. The summed E-state index contributed by atoms with van der Waals surface area (Å²) in [6.45, 7) is 2.06. The van der Waals surface area contributed by atoms with Crippen LogP contribution in [-0.4, -0.2) is 7.11 Å². The first-order chi connectivity index (χ1) is 10.0. The fourth-order valence-electron chi connectivity index (χ4n) is 2.37. The number of nitrogens with two attached hydrogens (primary N) is 1. The molecule has 0 spiro atoms. The fourth-order valence-corrected chi connectivity index (χ4v) is 3.19. The van der Waals surface area contributed by atoms with Gasteiger partial charge in [0.1, 0.15) is 5.75 Å². The predicted octanol–water partition coefficient (Wildman–Crippen LogP) is 4.17. The quantitative estimate of drug-likeness (QED) is 0.614. The first kappa shape index (κ1) is 16.3. The van der Waals surface area contributed by atoms with Crippen molar-refractivity contribution in [2.45, 2.75) is 19.4 Å². The normalized spacial score (nSPS) is 12.2. The minimum atomic E-state index is -0.0198. The smallest absolute Gasteiger partial charge is 0.122 e. The first-order valence-electron chi connectivity index (χ1n) is 6.59. The molecule has 0 fully saturated rings. The second kappa shape index (κ2) is 7.27. The number of ether oxygens (including phenoxy) is 1. The summed E-state index contributed by atoms with van der Waals surface area (Å²) in [5.41, 5.74) is 6.19. The molecule has 0 aliphatic heterocycles. The maximum atomic E-state index is 6.08. The van der Waals surface area contributed by atoms with E-state index in [1.165, 1.54) is 5.56 Å². The lowest BCUT2D eigenvalue weighted by atomic mass is 9.97. The van der Waals surface area contributed by atoms with Crippen molar-refractivity contribution >= 4 is 27.5 Å². The molecule has 3 nitrogen and oxygen atoms in total. The molecule has 21 heavy (non-hydrogen) atoms. The summed E-state index contributed by atoms with van der Waals surface area (Å²) in [6, 6.07) is 11.8. The average molecular weight is 370 g/mol. The van der Waals surface area contributed by atoms with Crippen LogP contribution in [0.25, 0.3) is 0 Å². The van der Waals surface area contributed by atoms with Crippen molar-refractivity contribution in [1.82, 2.24) is 5.43 Å². The van der Waals surface area contributed by atoms with Gasteiger partial charge in [-0.2, -0.15) is 0 Å². The molecular formula is C16H18BrClN2O. The number of benzene rings is 2. The molecule has 3 N–H and O–H groups in total. The van der Waals surface area contributed by atoms with E-state index in [-0.39, 0.29) is 6.04 Å². The summed E-state index contributed by atoms with van der Waals surface area (Å²) in [4.78, 5) is 0. The summed E-state index contributed by atoms with van der Waals surface area (Å²) < 4.78 is 6.43. The maximum absolute atomic E-state index is 6.08. The van der Waals surface area contributed by atoms with Crippen LogP contribution in [0.2, 0.25) is 5.02 Å². The molecule has 2 rings (SSSR count). The first-order valence-corrected chi connectivity index (χ1v) is 7.76. The highest BCUT2D eigenvalue weighted by Gasteiger charge is 2.15. The molecule has 112 valence electrons. The van der Waals surface area contributed by atoms with E-state index in [0.717, 1.165) is 21.3 Å². The van der Waals surface area contributed by atoms with E-state index in [4.69, 9.17) is 22.2 Å². The highest BCUT2D eigenvalue weighted by atomic mass is 79.9. The lowest BCUT2D eigenvalue weighted by Crippen LogP contribution is -2.29. The Morgan fingerprint density at radius 1 is 1.29 bits per heavy atom. The molecule has 2 aromatic carbocycles. The van der Waals surface area contributed by atoms with Crippen molar-refractivity contribution in [3.05, 3.63) is 62.6 Å². The predicted molar refractivity (Wildman–Crippen MR) is 90.7 cm³/mol. The number of nitrogens with one attached hydrogen (secondary N) is 1. The van der Waals surface area contributed by atoms with Crippen LogP contribution in [0.4, 0.5) is 0 Å². The zero-order valence-corrected chi connectivity index (χ0v) is 14.3. The van der Waals surface area contributed by atoms with Gasteiger partial charge in [0.15, 0.2) is 0 Å². The minimum Gasteiger partial charge on any atom is -0.496 e. The fraction of sp³-hybridized carbons (Fsp3) is 0.250. The van der Waals surface area contributed by atoms with E-state index >= 15 is 0 Å². The van der Waals surface area contributed by atoms with Gasteiger partial charge in [0.05, 0.1) is 13.2 Å². The van der Waals surface area contributed by atoms with E-state index in [9.17, 15) is 0 Å². The van der Waals surface area contributed by atoms with Gasteiger partial charge in [-0.25, -0.2) is 0 Å². The summed E-state index contributed by atoms with van der Waals surface area (Å²) in [6.07, 6.45) is 0.691. The molecule has 0 bridgehead atoms. The largest absolute Gasteiger partial charge is 0.496 e. The third kappa shape index (κ3) is 4.20. The number of rotatable bonds is 5. The lowest BCUT2D eigenvalue weighted by molar-refractivity contribution is 0.405. The monoisotopic (exact) mass is 368 g/mol. The SMILES string of the molecule is COc1ccc(Cl)cc1CC(NN)c1cc(C)cc(Br)c1. The van der Waals surface area contributed by atoms with Crippen LogP contribution in [0.5, 0.6) is 5.75 Å². The zero-order valence-electron chi connectivity index (χ0n) is 12.0. The van der Waals surface area contributed by atoms with Crippen LogP contribution in [-0.2, 0) is 6.42 Å². The second-order valence-electron chi connectivity index (χ2n) is 4.94. The van der Waals surface area contributed by atoms with Crippen molar-refractivity contribution in [3.63, 3.8) is 0 Å². The maximum Gasteiger partial charge on any atom is 0.122 e. The standard InChI is InChI=1S/C16H18BrClN2O/c1-10-5-11(7-13(17)6-10)15(20-19)9-12-8-14(18)3-4-16(12)21-2/h3-8,15,20H,9,19H2,1-2H3. The third-order valence-corrected chi connectivity index (χ3v) is 4.03. The number of methoxy groups -OCH3 is 1. The van der Waals surface area contributed by atoms with E-state index in [1.54, 1.807) is 7.11 Å².